The molecule has 130 valence electrons. The lowest BCUT2D eigenvalue weighted by Crippen LogP contribution is -2.61. The van der Waals surface area contributed by atoms with Crippen molar-refractivity contribution in [2.24, 2.45) is 0 Å². The largest absolute Gasteiger partial charge is 0.456 e. The van der Waals surface area contributed by atoms with Crippen molar-refractivity contribution < 1.29 is 42.9 Å². The van der Waals surface area contributed by atoms with E-state index < -0.39 is 54.6 Å². The summed E-state index contributed by atoms with van der Waals surface area (Å²) in [4.78, 5) is 45.1. The lowest BCUT2D eigenvalue weighted by molar-refractivity contribution is -0.292. The molecule has 0 aromatic carbocycles. The Morgan fingerprint density at radius 1 is 0.652 bits per heavy atom. The molecule has 0 aromatic rings. The number of carbonyl (C=O) groups is 4. The lowest BCUT2D eigenvalue weighted by atomic mass is 9.99. The van der Waals surface area contributed by atoms with Crippen molar-refractivity contribution in [1.29, 1.82) is 0 Å². The summed E-state index contributed by atoms with van der Waals surface area (Å²) in [5.74, 6) is -2.69. The van der Waals surface area contributed by atoms with E-state index in [9.17, 15) is 19.2 Å². The minimum atomic E-state index is -1.29. The average molecular weight is 332 g/mol. The maximum Gasteiger partial charge on any atom is 0.305 e. The van der Waals surface area contributed by atoms with Gasteiger partial charge in [-0.2, -0.15) is 0 Å². The second-order valence-corrected chi connectivity index (χ2v) is 5.04. The number of rotatable bonds is 4. The summed E-state index contributed by atoms with van der Waals surface area (Å²) >= 11 is 0. The van der Waals surface area contributed by atoms with Gasteiger partial charge in [0.1, 0.15) is 0 Å². The highest BCUT2D eigenvalue weighted by Gasteiger charge is 2.51. The summed E-state index contributed by atoms with van der Waals surface area (Å²) in [5, 5.41) is 0. The highest BCUT2D eigenvalue weighted by molar-refractivity contribution is 5.69. The number of esters is 4. The maximum absolute atomic E-state index is 11.4. The molecule has 0 bridgehead atoms. The molecule has 0 radical (unpaired) electrons. The molecule has 0 saturated carbocycles. The van der Waals surface area contributed by atoms with Gasteiger partial charge < -0.3 is 23.7 Å². The monoisotopic (exact) mass is 332 g/mol. The second-order valence-electron chi connectivity index (χ2n) is 5.04. The van der Waals surface area contributed by atoms with Gasteiger partial charge >= 0.3 is 23.9 Å². The van der Waals surface area contributed by atoms with Crippen LogP contribution in [0.2, 0.25) is 0 Å². The minimum absolute atomic E-state index is 0.630. The van der Waals surface area contributed by atoms with E-state index in [-0.39, 0.29) is 0 Å². The van der Waals surface area contributed by atoms with Crippen LogP contribution in [0.1, 0.15) is 34.6 Å². The minimum Gasteiger partial charge on any atom is -0.456 e. The average Bonchev–Trinajstić information content (AvgIpc) is 2.36. The topological polar surface area (TPSA) is 114 Å². The van der Waals surface area contributed by atoms with Gasteiger partial charge in [0.15, 0.2) is 12.2 Å². The van der Waals surface area contributed by atoms with Crippen LogP contribution in [-0.2, 0) is 42.9 Å². The summed E-state index contributed by atoms with van der Waals surface area (Å²) in [6.07, 6.45) is -5.51. The summed E-state index contributed by atoms with van der Waals surface area (Å²) in [6.45, 7) is 6.16. The summed E-state index contributed by atoms with van der Waals surface area (Å²) < 4.78 is 25.7. The Labute approximate surface area is 133 Å². The summed E-state index contributed by atoms with van der Waals surface area (Å²) in [6, 6.07) is 0. The molecule has 0 amide bonds. The first kappa shape index (κ1) is 18.9. The van der Waals surface area contributed by atoms with Crippen molar-refractivity contribution in [3.05, 3.63) is 0 Å². The zero-order chi connectivity index (χ0) is 17.7. The number of hydrogen-bond acceptors (Lipinski definition) is 9. The van der Waals surface area contributed by atoms with E-state index >= 15 is 0 Å². The number of hydrogen-bond donors (Lipinski definition) is 0. The summed E-state index contributed by atoms with van der Waals surface area (Å²) in [5.41, 5.74) is 0. The molecule has 5 atom stereocenters. The summed E-state index contributed by atoms with van der Waals surface area (Å²) in [7, 11) is 0. The molecule has 0 spiro atoms. The normalized spacial score (nSPS) is 30.0. The van der Waals surface area contributed by atoms with Gasteiger partial charge in [-0.05, 0) is 6.92 Å². The molecule has 1 rings (SSSR count). The Morgan fingerprint density at radius 2 is 1.04 bits per heavy atom. The molecule has 23 heavy (non-hydrogen) atoms. The van der Waals surface area contributed by atoms with E-state index in [0.29, 0.717) is 0 Å². The number of ether oxygens (including phenoxy) is 5. The van der Waals surface area contributed by atoms with E-state index in [2.05, 4.69) is 0 Å². The van der Waals surface area contributed by atoms with Crippen molar-refractivity contribution in [1.82, 2.24) is 0 Å². The first-order valence-electron chi connectivity index (χ1n) is 6.96. The third-order valence-corrected chi connectivity index (χ3v) is 2.92. The van der Waals surface area contributed by atoms with Gasteiger partial charge in [0.2, 0.25) is 12.4 Å². The van der Waals surface area contributed by atoms with Gasteiger partial charge in [0.05, 0.1) is 6.10 Å². The fraction of sp³-hybridized carbons (Fsp3) is 0.714. The van der Waals surface area contributed by atoms with Crippen LogP contribution >= 0.6 is 0 Å². The number of carbonyl (C=O) groups excluding carboxylic acids is 4. The molecule has 1 aliphatic rings. The maximum atomic E-state index is 11.4. The Morgan fingerprint density at radius 3 is 1.48 bits per heavy atom. The van der Waals surface area contributed by atoms with Crippen molar-refractivity contribution in [2.75, 3.05) is 0 Å². The van der Waals surface area contributed by atoms with Gasteiger partial charge in [-0.3, -0.25) is 19.2 Å². The molecule has 1 saturated heterocycles. The third-order valence-electron chi connectivity index (χ3n) is 2.92. The van der Waals surface area contributed by atoms with Crippen molar-refractivity contribution in [3.8, 4) is 0 Å². The Hall–Kier alpha value is -2.16. The molecule has 1 fully saturated rings. The smallest absolute Gasteiger partial charge is 0.305 e. The molecular formula is C14H20O9. The molecule has 0 aliphatic carbocycles. The Bertz CT molecular complexity index is 487. The molecular weight excluding hydrogens is 312 g/mol. The van der Waals surface area contributed by atoms with Gasteiger partial charge in [-0.1, -0.05) is 0 Å². The second kappa shape index (κ2) is 7.91. The van der Waals surface area contributed by atoms with E-state index in [1.807, 2.05) is 0 Å². The zero-order valence-electron chi connectivity index (χ0n) is 13.6. The predicted molar refractivity (Wildman–Crippen MR) is 72.8 cm³/mol. The molecule has 0 unspecified atom stereocenters. The third kappa shape index (κ3) is 5.51. The van der Waals surface area contributed by atoms with Crippen molar-refractivity contribution >= 4 is 23.9 Å². The van der Waals surface area contributed by atoms with Crippen LogP contribution in [0.15, 0.2) is 0 Å². The Kier molecular flexibility index (Phi) is 6.49. The van der Waals surface area contributed by atoms with Gasteiger partial charge in [-0.25, -0.2) is 0 Å². The van der Waals surface area contributed by atoms with Gasteiger partial charge in [0, 0.05) is 27.7 Å². The highest BCUT2D eigenvalue weighted by atomic mass is 16.7. The quantitative estimate of drug-likeness (QED) is 0.521. The predicted octanol–water partition coefficient (Wildman–Crippen LogP) is 0.0894. The highest BCUT2D eigenvalue weighted by Crippen LogP contribution is 2.29. The van der Waals surface area contributed by atoms with Crippen molar-refractivity contribution in [3.63, 3.8) is 0 Å². The van der Waals surface area contributed by atoms with Crippen molar-refractivity contribution in [2.45, 2.75) is 65.3 Å². The first-order valence-corrected chi connectivity index (χ1v) is 6.96. The molecule has 1 heterocycles. The first-order chi connectivity index (χ1) is 10.6. The molecule has 9 heteroatoms. The van der Waals surface area contributed by atoms with Crippen LogP contribution in [0.25, 0.3) is 0 Å². The standard InChI is InChI=1S/C14H20O9/c1-6-11(20-7(2)15)12(21-8(3)16)13(22-9(4)17)14(19-6)23-10(5)18/h6,11-14H,1-5H3/t6-,11+,12-,13+,14+/m0/s1. The van der Waals surface area contributed by atoms with Gasteiger partial charge in [0.25, 0.3) is 0 Å². The van der Waals surface area contributed by atoms with Crippen LogP contribution in [-0.4, -0.2) is 54.6 Å². The fourth-order valence-corrected chi connectivity index (χ4v) is 2.23. The Balaban J connectivity index is 3.15. The van der Waals surface area contributed by atoms with E-state index in [0.717, 1.165) is 20.8 Å². The lowest BCUT2D eigenvalue weighted by Gasteiger charge is -2.42. The van der Waals surface area contributed by atoms with E-state index in [1.165, 1.54) is 6.92 Å². The SMILES string of the molecule is CC(=O)O[C@H]1O[C@@H](C)[C@@H](OC(C)=O)[C@H](OC(C)=O)[C@H]1OC(C)=O. The van der Waals surface area contributed by atoms with Crippen LogP contribution in [0.3, 0.4) is 0 Å². The van der Waals surface area contributed by atoms with E-state index in [1.54, 1.807) is 6.92 Å². The molecule has 9 nitrogen and oxygen atoms in total. The van der Waals surface area contributed by atoms with Crippen LogP contribution in [0.4, 0.5) is 0 Å². The molecule has 0 aromatic heterocycles. The fourth-order valence-electron chi connectivity index (χ4n) is 2.23. The zero-order valence-corrected chi connectivity index (χ0v) is 13.6. The van der Waals surface area contributed by atoms with Crippen LogP contribution in [0.5, 0.6) is 0 Å². The van der Waals surface area contributed by atoms with Crippen LogP contribution in [0, 0.1) is 0 Å². The van der Waals surface area contributed by atoms with Crippen LogP contribution < -0.4 is 0 Å². The van der Waals surface area contributed by atoms with Gasteiger partial charge in [-0.15, -0.1) is 0 Å². The molecule has 0 N–H and O–H groups in total. The molecule has 1 aliphatic heterocycles. The van der Waals surface area contributed by atoms with E-state index in [4.69, 9.17) is 23.7 Å².